The van der Waals surface area contributed by atoms with Crippen molar-refractivity contribution in [1.29, 1.82) is 0 Å². The van der Waals surface area contributed by atoms with Crippen LogP contribution in [0.1, 0.15) is 31.4 Å². The summed E-state index contributed by atoms with van der Waals surface area (Å²) in [7, 11) is 0. The van der Waals surface area contributed by atoms with E-state index in [4.69, 9.17) is 9.47 Å². The second-order valence-electron chi connectivity index (χ2n) is 6.30. The first kappa shape index (κ1) is 17.2. The Morgan fingerprint density at radius 1 is 1.00 bits per heavy atom. The van der Waals surface area contributed by atoms with Gasteiger partial charge in [-0.3, -0.25) is 9.59 Å². The highest BCUT2D eigenvalue weighted by Gasteiger charge is 2.52. The molecular formula is C21H22O4. The van der Waals surface area contributed by atoms with E-state index in [1.807, 2.05) is 36.4 Å². The van der Waals surface area contributed by atoms with Crippen molar-refractivity contribution in [3.63, 3.8) is 0 Å². The smallest absolute Gasteiger partial charge is 0.324 e. The maximum Gasteiger partial charge on any atom is 0.324 e. The Balaban J connectivity index is 2.14. The molecule has 4 nitrogen and oxygen atoms in total. The quantitative estimate of drug-likeness (QED) is 0.626. The van der Waals surface area contributed by atoms with Crippen molar-refractivity contribution < 1.29 is 19.1 Å². The van der Waals surface area contributed by atoms with E-state index in [1.165, 1.54) is 0 Å². The van der Waals surface area contributed by atoms with Crippen LogP contribution in [0.25, 0.3) is 16.3 Å². The van der Waals surface area contributed by atoms with Crippen LogP contribution in [0, 0.1) is 5.41 Å². The summed E-state index contributed by atoms with van der Waals surface area (Å²) in [5, 5.41) is 2.20. The van der Waals surface area contributed by atoms with Gasteiger partial charge in [0.15, 0.2) is 5.41 Å². The van der Waals surface area contributed by atoms with Crippen LogP contribution >= 0.6 is 0 Å². The number of carbonyl (C=O) groups is 2. The number of rotatable bonds is 4. The van der Waals surface area contributed by atoms with Crippen LogP contribution < -0.4 is 0 Å². The second-order valence-corrected chi connectivity index (χ2v) is 6.30. The first-order chi connectivity index (χ1) is 12.0. The summed E-state index contributed by atoms with van der Waals surface area (Å²) in [6.07, 6.45) is 0.482. The Bertz CT molecular complexity index is 832. The molecule has 0 aliphatic heterocycles. The fourth-order valence-electron chi connectivity index (χ4n) is 3.63. The van der Waals surface area contributed by atoms with Gasteiger partial charge in [-0.05, 0) is 47.7 Å². The van der Waals surface area contributed by atoms with Gasteiger partial charge in [-0.25, -0.2) is 0 Å². The van der Waals surface area contributed by atoms with Gasteiger partial charge in [0.1, 0.15) is 0 Å². The molecule has 25 heavy (non-hydrogen) atoms. The molecule has 0 saturated heterocycles. The molecule has 0 amide bonds. The molecule has 0 N–H and O–H groups in total. The minimum Gasteiger partial charge on any atom is -0.465 e. The summed E-state index contributed by atoms with van der Waals surface area (Å²) in [4.78, 5) is 25.4. The lowest BCUT2D eigenvalue weighted by Gasteiger charge is -2.35. The number of carbonyl (C=O) groups excluding carboxylic acids is 2. The summed E-state index contributed by atoms with van der Waals surface area (Å²) in [5.41, 5.74) is 1.37. The van der Waals surface area contributed by atoms with E-state index < -0.39 is 17.4 Å². The molecule has 1 aliphatic rings. The van der Waals surface area contributed by atoms with E-state index in [0.29, 0.717) is 0 Å². The normalized spacial score (nSPS) is 15.5. The molecular weight excluding hydrogens is 316 g/mol. The van der Waals surface area contributed by atoms with Crippen molar-refractivity contribution in [2.24, 2.45) is 5.41 Å². The number of hydrogen-bond acceptors (Lipinski definition) is 4. The van der Waals surface area contributed by atoms with Gasteiger partial charge in [0.2, 0.25) is 0 Å². The average Bonchev–Trinajstić information content (AvgIpc) is 2.61. The van der Waals surface area contributed by atoms with Gasteiger partial charge in [0.05, 0.1) is 13.2 Å². The molecule has 2 aromatic rings. The number of hydrogen-bond donors (Lipinski definition) is 0. The third-order valence-electron chi connectivity index (χ3n) is 4.71. The lowest BCUT2D eigenvalue weighted by Crippen LogP contribution is -2.46. The molecule has 2 aromatic carbocycles. The highest BCUT2D eigenvalue weighted by atomic mass is 16.6. The SMILES string of the molecule is C=C1CC(C(=O)OCC)(C(=O)OCC)Cc2ccc3ccccc3c21. The summed E-state index contributed by atoms with van der Waals surface area (Å²) in [5.74, 6) is -1.07. The topological polar surface area (TPSA) is 52.6 Å². The van der Waals surface area contributed by atoms with Gasteiger partial charge >= 0.3 is 11.9 Å². The van der Waals surface area contributed by atoms with Gasteiger partial charge in [-0.15, -0.1) is 0 Å². The maximum absolute atomic E-state index is 12.7. The molecule has 0 saturated carbocycles. The first-order valence-corrected chi connectivity index (χ1v) is 8.56. The van der Waals surface area contributed by atoms with E-state index in [0.717, 1.165) is 27.5 Å². The fraction of sp³-hybridized carbons (Fsp3) is 0.333. The predicted molar refractivity (Wildman–Crippen MR) is 97.0 cm³/mol. The van der Waals surface area contributed by atoms with Gasteiger partial charge in [-0.2, -0.15) is 0 Å². The number of fused-ring (bicyclic) bond motifs is 3. The molecule has 0 heterocycles. The number of benzene rings is 2. The van der Waals surface area contributed by atoms with Crippen molar-refractivity contribution in [1.82, 2.24) is 0 Å². The number of allylic oxidation sites excluding steroid dienone is 1. The van der Waals surface area contributed by atoms with Gasteiger partial charge in [-0.1, -0.05) is 43.0 Å². The molecule has 0 aromatic heterocycles. The van der Waals surface area contributed by atoms with Gasteiger partial charge < -0.3 is 9.47 Å². The van der Waals surface area contributed by atoms with Crippen molar-refractivity contribution in [2.45, 2.75) is 26.7 Å². The van der Waals surface area contributed by atoms with Crippen LogP contribution in [0.15, 0.2) is 43.0 Å². The summed E-state index contributed by atoms with van der Waals surface area (Å²) >= 11 is 0. The van der Waals surface area contributed by atoms with E-state index in [-0.39, 0.29) is 26.1 Å². The molecule has 130 valence electrons. The largest absolute Gasteiger partial charge is 0.465 e. The molecule has 0 fully saturated rings. The van der Waals surface area contributed by atoms with E-state index in [2.05, 4.69) is 6.58 Å². The molecule has 4 heteroatoms. The van der Waals surface area contributed by atoms with Crippen molar-refractivity contribution >= 4 is 28.3 Å². The highest BCUT2D eigenvalue weighted by molar-refractivity contribution is 6.05. The van der Waals surface area contributed by atoms with Crippen LogP contribution in [-0.2, 0) is 25.5 Å². The Labute approximate surface area is 147 Å². The van der Waals surface area contributed by atoms with Crippen LogP contribution in [-0.4, -0.2) is 25.2 Å². The summed E-state index contributed by atoms with van der Waals surface area (Å²) in [6, 6.07) is 12.0. The van der Waals surface area contributed by atoms with E-state index >= 15 is 0 Å². The lowest BCUT2D eigenvalue weighted by atomic mass is 9.68. The third-order valence-corrected chi connectivity index (χ3v) is 4.71. The van der Waals surface area contributed by atoms with Gasteiger partial charge in [0, 0.05) is 6.42 Å². The van der Waals surface area contributed by atoms with Crippen LogP contribution in [0.2, 0.25) is 0 Å². The van der Waals surface area contributed by atoms with Gasteiger partial charge in [0.25, 0.3) is 0 Å². The maximum atomic E-state index is 12.7. The first-order valence-electron chi connectivity index (χ1n) is 8.56. The predicted octanol–water partition coefficient (Wildman–Crippen LogP) is 3.91. The van der Waals surface area contributed by atoms with Crippen LogP contribution in [0.4, 0.5) is 0 Å². The Morgan fingerprint density at radius 2 is 1.64 bits per heavy atom. The molecule has 0 spiro atoms. The number of ether oxygens (including phenoxy) is 2. The molecule has 0 unspecified atom stereocenters. The zero-order valence-corrected chi connectivity index (χ0v) is 14.6. The fourth-order valence-corrected chi connectivity index (χ4v) is 3.63. The highest BCUT2D eigenvalue weighted by Crippen LogP contribution is 2.45. The standard InChI is InChI=1S/C21H22O4/c1-4-24-19(22)21(20(23)25-5-2)12-14(3)18-16(13-21)11-10-15-8-6-7-9-17(15)18/h6-11H,3-5,12-13H2,1-2H3. The van der Waals surface area contributed by atoms with Crippen LogP contribution in [0.5, 0.6) is 0 Å². The zero-order chi connectivity index (χ0) is 18.0. The minimum absolute atomic E-state index is 0.214. The van der Waals surface area contributed by atoms with E-state index in [1.54, 1.807) is 13.8 Å². The van der Waals surface area contributed by atoms with Crippen molar-refractivity contribution in [3.05, 3.63) is 54.1 Å². The summed E-state index contributed by atoms with van der Waals surface area (Å²) in [6.45, 7) is 8.07. The van der Waals surface area contributed by atoms with E-state index in [9.17, 15) is 9.59 Å². The Hall–Kier alpha value is -2.62. The Kier molecular flexibility index (Phi) is 4.62. The molecule has 3 rings (SSSR count). The Morgan fingerprint density at radius 3 is 2.28 bits per heavy atom. The molecule has 0 atom stereocenters. The minimum atomic E-state index is -1.35. The average molecular weight is 338 g/mol. The van der Waals surface area contributed by atoms with Crippen molar-refractivity contribution in [2.75, 3.05) is 13.2 Å². The number of esters is 2. The zero-order valence-electron chi connectivity index (χ0n) is 14.6. The molecule has 0 radical (unpaired) electrons. The third kappa shape index (κ3) is 2.82. The van der Waals surface area contributed by atoms with Crippen molar-refractivity contribution in [3.8, 4) is 0 Å². The molecule has 0 bridgehead atoms. The second kappa shape index (κ2) is 6.71. The lowest BCUT2D eigenvalue weighted by molar-refractivity contribution is -0.171. The summed E-state index contributed by atoms with van der Waals surface area (Å²) < 4.78 is 10.4. The monoisotopic (exact) mass is 338 g/mol. The molecule has 1 aliphatic carbocycles. The van der Waals surface area contributed by atoms with Crippen LogP contribution in [0.3, 0.4) is 0 Å².